The number of ether oxygens (including phenoxy) is 1. The van der Waals surface area contributed by atoms with Crippen LogP contribution in [0.15, 0.2) is 18.2 Å². The third-order valence-electron chi connectivity index (χ3n) is 3.44. The normalized spacial score (nSPS) is 21.1. The number of nitrogens with one attached hydrogen (secondary N) is 1. The van der Waals surface area contributed by atoms with Gasteiger partial charge in [0.05, 0.1) is 12.1 Å². The van der Waals surface area contributed by atoms with Gasteiger partial charge in [-0.2, -0.15) is 0 Å². The highest BCUT2D eigenvalue weighted by Gasteiger charge is 2.31. The van der Waals surface area contributed by atoms with Crippen molar-refractivity contribution < 1.29 is 14.6 Å². The van der Waals surface area contributed by atoms with E-state index in [1.807, 2.05) is 19.9 Å². The molecule has 1 amide bonds. The van der Waals surface area contributed by atoms with Crippen LogP contribution in [0.3, 0.4) is 0 Å². The standard InChI is InChI=1S/C16H19NO3/c1-12-5-6-14(10-13(12)4-3-8-18)15(19)17-16(2)7-9-20-11-16/h5-6,10,18H,7-9,11H2,1-2H3,(H,17,19). The molecule has 1 unspecified atom stereocenters. The maximum absolute atomic E-state index is 12.3. The van der Waals surface area contributed by atoms with Crippen molar-refractivity contribution in [1.82, 2.24) is 5.32 Å². The number of carbonyl (C=O) groups excluding carboxylic acids is 1. The van der Waals surface area contributed by atoms with Gasteiger partial charge in [0.2, 0.25) is 0 Å². The first-order chi connectivity index (χ1) is 9.54. The van der Waals surface area contributed by atoms with Crippen molar-refractivity contribution in [2.24, 2.45) is 0 Å². The molecule has 106 valence electrons. The Kier molecular flexibility index (Phi) is 4.43. The fraction of sp³-hybridized carbons (Fsp3) is 0.438. The second-order valence-corrected chi connectivity index (χ2v) is 5.31. The Morgan fingerprint density at radius 1 is 1.55 bits per heavy atom. The zero-order chi connectivity index (χ0) is 14.6. The molecule has 1 aliphatic rings. The summed E-state index contributed by atoms with van der Waals surface area (Å²) in [6.07, 6.45) is 0.821. The Hall–Kier alpha value is -1.83. The third kappa shape index (κ3) is 3.38. The van der Waals surface area contributed by atoms with Gasteiger partial charge in [0.1, 0.15) is 6.61 Å². The van der Waals surface area contributed by atoms with E-state index in [1.54, 1.807) is 12.1 Å². The van der Waals surface area contributed by atoms with Gasteiger partial charge in [-0.15, -0.1) is 0 Å². The highest BCUT2D eigenvalue weighted by molar-refractivity contribution is 5.95. The summed E-state index contributed by atoms with van der Waals surface area (Å²) < 4.78 is 5.33. The SMILES string of the molecule is Cc1ccc(C(=O)NC2(C)CCOC2)cc1C#CCO. The largest absolute Gasteiger partial charge is 0.384 e. The van der Waals surface area contributed by atoms with Crippen LogP contribution in [0, 0.1) is 18.8 Å². The zero-order valence-electron chi connectivity index (χ0n) is 11.8. The topological polar surface area (TPSA) is 58.6 Å². The molecule has 1 aromatic carbocycles. The van der Waals surface area contributed by atoms with Crippen LogP contribution in [-0.2, 0) is 4.74 Å². The minimum atomic E-state index is -0.293. The fourth-order valence-corrected chi connectivity index (χ4v) is 2.14. The highest BCUT2D eigenvalue weighted by atomic mass is 16.5. The first-order valence-electron chi connectivity index (χ1n) is 6.65. The van der Waals surface area contributed by atoms with E-state index in [0.29, 0.717) is 18.8 Å². The number of hydrogen-bond acceptors (Lipinski definition) is 3. The van der Waals surface area contributed by atoms with Crippen molar-refractivity contribution in [2.75, 3.05) is 19.8 Å². The van der Waals surface area contributed by atoms with Crippen molar-refractivity contribution in [3.63, 3.8) is 0 Å². The van der Waals surface area contributed by atoms with E-state index in [4.69, 9.17) is 9.84 Å². The minimum absolute atomic E-state index is 0.120. The summed E-state index contributed by atoms with van der Waals surface area (Å²) in [5.74, 6) is 5.34. The number of aliphatic hydroxyl groups is 1. The van der Waals surface area contributed by atoms with Gasteiger partial charge >= 0.3 is 0 Å². The maximum atomic E-state index is 12.3. The number of aliphatic hydroxyl groups excluding tert-OH is 1. The van der Waals surface area contributed by atoms with Gasteiger partial charge in [0, 0.05) is 17.7 Å². The number of amides is 1. The van der Waals surface area contributed by atoms with E-state index in [9.17, 15) is 4.79 Å². The molecule has 2 rings (SSSR count). The lowest BCUT2D eigenvalue weighted by atomic mass is 10.00. The molecular weight excluding hydrogens is 254 g/mol. The van der Waals surface area contributed by atoms with E-state index in [2.05, 4.69) is 17.2 Å². The molecule has 1 fully saturated rings. The van der Waals surface area contributed by atoms with E-state index in [0.717, 1.165) is 17.5 Å². The summed E-state index contributed by atoms with van der Waals surface area (Å²) >= 11 is 0. The predicted molar refractivity (Wildman–Crippen MR) is 76.5 cm³/mol. The fourth-order valence-electron chi connectivity index (χ4n) is 2.14. The van der Waals surface area contributed by atoms with Crippen LogP contribution in [0.2, 0.25) is 0 Å². The summed E-state index contributed by atoms with van der Waals surface area (Å²) in [6, 6.07) is 5.41. The van der Waals surface area contributed by atoms with Crippen molar-refractivity contribution in [2.45, 2.75) is 25.8 Å². The van der Waals surface area contributed by atoms with E-state index in [1.165, 1.54) is 0 Å². The van der Waals surface area contributed by atoms with Crippen LogP contribution in [-0.4, -0.2) is 36.4 Å². The van der Waals surface area contributed by atoms with Crippen LogP contribution in [0.5, 0.6) is 0 Å². The lowest BCUT2D eigenvalue weighted by molar-refractivity contribution is 0.0890. The number of rotatable bonds is 2. The molecule has 1 aromatic rings. The van der Waals surface area contributed by atoms with E-state index >= 15 is 0 Å². The van der Waals surface area contributed by atoms with Gasteiger partial charge in [0.15, 0.2) is 0 Å². The quantitative estimate of drug-likeness (QED) is 0.797. The molecule has 20 heavy (non-hydrogen) atoms. The lowest BCUT2D eigenvalue weighted by Crippen LogP contribution is -2.46. The van der Waals surface area contributed by atoms with Crippen LogP contribution in [0.4, 0.5) is 0 Å². The predicted octanol–water partition coefficient (Wildman–Crippen LogP) is 1.25. The van der Waals surface area contributed by atoms with Gasteiger partial charge in [-0.1, -0.05) is 17.9 Å². The van der Waals surface area contributed by atoms with Crippen LogP contribution in [0.1, 0.15) is 34.8 Å². The number of benzene rings is 1. The van der Waals surface area contributed by atoms with Gasteiger partial charge in [-0.25, -0.2) is 0 Å². The molecule has 0 radical (unpaired) electrons. The second-order valence-electron chi connectivity index (χ2n) is 5.31. The summed E-state index contributed by atoms with van der Waals surface area (Å²) in [6.45, 7) is 4.94. The van der Waals surface area contributed by atoms with Crippen molar-refractivity contribution >= 4 is 5.91 Å². The molecule has 0 aromatic heterocycles. The van der Waals surface area contributed by atoms with E-state index in [-0.39, 0.29) is 18.1 Å². The van der Waals surface area contributed by atoms with Crippen LogP contribution in [0.25, 0.3) is 0 Å². The summed E-state index contributed by atoms with van der Waals surface area (Å²) in [7, 11) is 0. The Morgan fingerprint density at radius 2 is 2.35 bits per heavy atom. The molecule has 4 heteroatoms. The maximum Gasteiger partial charge on any atom is 0.251 e. The Labute approximate surface area is 119 Å². The van der Waals surface area contributed by atoms with Gasteiger partial charge < -0.3 is 15.2 Å². The molecular formula is C16H19NO3. The molecule has 1 heterocycles. The smallest absolute Gasteiger partial charge is 0.251 e. The van der Waals surface area contributed by atoms with Crippen molar-refractivity contribution in [1.29, 1.82) is 0 Å². The first kappa shape index (κ1) is 14.6. The number of carbonyl (C=O) groups is 1. The molecule has 0 bridgehead atoms. The molecule has 2 N–H and O–H groups in total. The van der Waals surface area contributed by atoms with Crippen LogP contribution < -0.4 is 5.32 Å². The van der Waals surface area contributed by atoms with Gasteiger partial charge in [0.25, 0.3) is 5.91 Å². The second kappa shape index (κ2) is 6.08. The summed E-state index contributed by atoms with van der Waals surface area (Å²) in [5.41, 5.74) is 2.03. The molecule has 1 aliphatic heterocycles. The average Bonchev–Trinajstić information content (AvgIpc) is 2.84. The monoisotopic (exact) mass is 273 g/mol. The zero-order valence-corrected chi connectivity index (χ0v) is 11.8. The van der Waals surface area contributed by atoms with Crippen molar-refractivity contribution in [3.05, 3.63) is 34.9 Å². The van der Waals surface area contributed by atoms with Gasteiger partial charge in [-0.05, 0) is 38.0 Å². The first-order valence-corrected chi connectivity index (χ1v) is 6.65. The molecule has 0 saturated carbocycles. The molecule has 1 atom stereocenters. The molecule has 4 nitrogen and oxygen atoms in total. The van der Waals surface area contributed by atoms with Crippen LogP contribution >= 0.6 is 0 Å². The van der Waals surface area contributed by atoms with E-state index < -0.39 is 0 Å². The summed E-state index contributed by atoms with van der Waals surface area (Å²) in [4.78, 5) is 12.3. The Morgan fingerprint density at radius 3 is 3.00 bits per heavy atom. The average molecular weight is 273 g/mol. The molecule has 0 aliphatic carbocycles. The Bertz CT molecular complexity index is 563. The van der Waals surface area contributed by atoms with Crippen molar-refractivity contribution in [3.8, 4) is 11.8 Å². The van der Waals surface area contributed by atoms with Gasteiger partial charge in [-0.3, -0.25) is 4.79 Å². The number of aryl methyl sites for hydroxylation is 1. The lowest BCUT2D eigenvalue weighted by Gasteiger charge is -2.23. The third-order valence-corrected chi connectivity index (χ3v) is 3.44. The molecule has 0 spiro atoms. The highest BCUT2D eigenvalue weighted by Crippen LogP contribution is 2.19. The Balaban J connectivity index is 2.17. The minimum Gasteiger partial charge on any atom is -0.384 e. The summed E-state index contributed by atoms with van der Waals surface area (Å²) in [5, 5.41) is 11.8. The molecule has 1 saturated heterocycles. The number of hydrogen-bond donors (Lipinski definition) is 2.